The van der Waals surface area contributed by atoms with Gasteiger partial charge in [-0.1, -0.05) is 12.1 Å². The molecule has 1 atom stereocenters. The van der Waals surface area contributed by atoms with E-state index in [1.807, 2.05) is 0 Å². The molecule has 0 spiro atoms. The highest BCUT2D eigenvalue weighted by molar-refractivity contribution is 5.18. The van der Waals surface area contributed by atoms with E-state index < -0.39 is 24.8 Å². The van der Waals surface area contributed by atoms with Crippen LogP contribution in [-0.4, -0.2) is 11.6 Å². The largest absolute Gasteiger partial charge is 0.388 e. The fourth-order valence-corrected chi connectivity index (χ4v) is 0.841. The van der Waals surface area contributed by atoms with Crippen LogP contribution in [0.3, 0.4) is 0 Å². The zero-order valence-corrected chi connectivity index (χ0v) is 6.42. The molecule has 3 N–H and O–H groups in total. The van der Waals surface area contributed by atoms with Gasteiger partial charge in [0.05, 0.1) is 7.45 Å². The Bertz CT molecular complexity index is 334. The van der Waals surface area contributed by atoms with Crippen LogP contribution < -0.4 is 5.73 Å². The first-order valence-corrected chi connectivity index (χ1v) is 3.48. The van der Waals surface area contributed by atoms with Gasteiger partial charge >= 0.3 is 0 Å². The number of halogens is 1. The lowest BCUT2D eigenvalue weighted by Gasteiger charge is -2.08. The molecule has 0 radical (unpaired) electrons. The van der Waals surface area contributed by atoms with Crippen LogP contribution in [-0.2, 0) is 0 Å². The van der Waals surface area contributed by atoms with Crippen molar-refractivity contribution in [2.24, 2.45) is 5.73 Å². The molecule has 0 heterocycles. The molecule has 0 amide bonds. The van der Waals surface area contributed by atoms with Crippen LogP contribution in [0.4, 0.5) is 4.39 Å². The zero-order chi connectivity index (χ0) is 11.7. The molecule has 1 rings (SSSR count). The van der Waals surface area contributed by atoms with Crippen molar-refractivity contribution in [3.8, 4) is 0 Å². The number of benzene rings is 1. The molecule has 0 aliphatic rings. The van der Waals surface area contributed by atoms with Gasteiger partial charge in [-0.2, -0.15) is 0 Å². The molecule has 0 aromatic heterocycles. The van der Waals surface area contributed by atoms with Gasteiger partial charge in [0.15, 0.2) is 0 Å². The van der Waals surface area contributed by atoms with Gasteiger partial charge < -0.3 is 10.8 Å². The van der Waals surface area contributed by atoms with Crippen LogP contribution in [0.25, 0.3) is 0 Å². The molecule has 1 aromatic rings. The molecule has 66 valence electrons. The third-order valence-electron chi connectivity index (χ3n) is 1.45. The minimum absolute atomic E-state index is 0.109. The standard InChI is InChI=1S/C9H12FNO/c10-8-3-1-7(2-4-8)9(12)5-6-11/h1-4,9,12H,5-6,11H2/i6D2,9D. The van der Waals surface area contributed by atoms with Crippen molar-refractivity contribution >= 4 is 0 Å². The zero-order valence-electron chi connectivity index (χ0n) is 9.42. The second-order valence-electron chi connectivity index (χ2n) is 2.33. The minimum Gasteiger partial charge on any atom is -0.388 e. The van der Waals surface area contributed by atoms with Crippen LogP contribution in [0.15, 0.2) is 24.3 Å². The third-order valence-corrected chi connectivity index (χ3v) is 1.45. The van der Waals surface area contributed by atoms with Crippen molar-refractivity contribution in [3.63, 3.8) is 0 Å². The van der Waals surface area contributed by atoms with Crippen molar-refractivity contribution in [1.82, 2.24) is 0 Å². The number of aliphatic hydroxyl groups is 1. The monoisotopic (exact) mass is 172 g/mol. The van der Waals surface area contributed by atoms with Crippen molar-refractivity contribution < 1.29 is 13.6 Å². The van der Waals surface area contributed by atoms with Gasteiger partial charge in [0.2, 0.25) is 0 Å². The Morgan fingerprint density at radius 2 is 2.17 bits per heavy atom. The molecular formula is C9H12FNO. The van der Waals surface area contributed by atoms with E-state index in [4.69, 9.17) is 9.85 Å². The molecule has 1 aromatic carbocycles. The highest BCUT2D eigenvalue weighted by atomic mass is 19.1. The van der Waals surface area contributed by atoms with E-state index in [9.17, 15) is 9.50 Å². The topological polar surface area (TPSA) is 46.2 Å². The summed E-state index contributed by atoms with van der Waals surface area (Å²) in [4.78, 5) is 0. The lowest BCUT2D eigenvalue weighted by atomic mass is 10.1. The summed E-state index contributed by atoms with van der Waals surface area (Å²) in [5, 5.41) is 9.64. The summed E-state index contributed by atoms with van der Waals surface area (Å²) < 4.78 is 34.2. The van der Waals surface area contributed by atoms with Gasteiger partial charge in [0.1, 0.15) is 5.82 Å². The quantitative estimate of drug-likeness (QED) is 0.719. The molecule has 0 bridgehead atoms. The number of rotatable bonds is 3. The molecule has 0 saturated carbocycles. The Labute approximate surface area is 75.0 Å². The summed E-state index contributed by atoms with van der Waals surface area (Å²) in [6.07, 6.45) is -2.72. The first-order valence-electron chi connectivity index (χ1n) is 4.98. The average Bonchev–Trinajstić information content (AvgIpc) is 2.00. The predicted molar refractivity (Wildman–Crippen MR) is 45.0 cm³/mol. The maximum Gasteiger partial charge on any atom is 0.123 e. The summed E-state index contributed by atoms with van der Waals surface area (Å²) in [6.45, 7) is -2.15. The van der Waals surface area contributed by atoms with E-state index in [0.717, 1.165) is 12.1 Å². The molecule has 0 aliphatic carbocycles. The molecular weight excluding hydrogens is 157 g/mol. The van der Waals surface area contributed by atoms with E-state index in [1.54, 1.807) is 0 Å². The maximum absolute atomic E-state index is 12.6. The molecule has 1 unspecified atom stereocenters. The first kappa shape index (κ1) is 5.67. The third kappa shape index (κ3) is 2.29. The van der Waals surface area contributed by atoms with E-state index in [-0.39, 0.29) is 5.56 Å². The molecule has 0 saturated heterocycles. The Morgan fingerprint density at radius 1 is 1.58 bits per heavy atom. The fourth-order valence-electron chi connectivity index (χ4n) is 0.841. The lowest BCUT2D eigenvalue weighted by Crippen LogP contribution is -2.06. The Balaban J connectivity index is 2.90. The van der Waals surface area contributed by atoms with Crippen molar-refractivity contribution in [1.29, 1.82) is 0 Å². The normalized spacial score (nSPS) is 20.4. The van der Waals surface area contributed by atoms with Gasteiger partial charge in [-0.15, -0.1) is 0 Å². The van der Waals surface area contributed by atoms with Crippen LogP contribution in [0, 0.1) is 5.82 Å². The van der Waals surface area contributed by atoms with Gasteiger partial charge in [-0.25, -0.2) is 4.39 Å². The molecule has 0 fully saturated rings. The summed E-state index contributed by atoms with van der Waals surface area (Å²) in [7, 11) is 0. The summed E-state index contributed by atoms with van der Waals surface area (Å²) in [5.74, 6) is -0.481. The number of hydrogen-bond donors (Lipinski definition) is 2. The van der Waals surface area contributed by atoms with Crippen LogP contribution >= 0.6 is 0 Å². The summed E-state index contributed by atoms with van der Waals surface area (Å²) in [5.41, 5.74) is 5.18. The molecule has 12 heavy (non-hydrogen) atoms. The molecule has 3 heteroatoms. The number of nitrogens with two attached hydrogens (primary N) is 1. The Morgan fingerprint density at radius 3 is 2.67 bits per heavy atom. The molecule has 0 aliphatic heterocycles. The SMILES string of the molecule is [2H]C([2H])(N)CC([2H])(O)c1ccc(F)cc1. The van der Waals surface area contributed by atoms with E-state index >= 15 is 0 Å². The lowest BCUT2D eigenvalue weighted by molar-refractivity contribution is 0.170. The van der Waals surface area contributed by atoms with Crippen molar-refractivity contribution in [2.45, 2.75) is 12.5 Å². The Hall–Kier alpha value is -0.930. The second kappa shape index (κ2) is 4.18. The van der Waals surface area contributed by atoms with Crippen LogP contribution in [0.2, 0.25) is 0 Å². The molecule has 2 nitrogen and oxygen atoms in total. The van der Waals surface area contributed by atoms with E-state index in [0.29, 0.717) is 0 Å². The minimum atomic E-state index is -2.15. The maximum atomic E-state index is 12.6. The van der Waals surface area contributed by atoms with E-state index in [2.05, 4.69) is 0 Å². The van der Waals surface area contributed by atoms with Crippen LogP contribution in [0.5, 0.6) is 0 Å². The average molecular weight is 172 g/mol. The van der Waals surface area contributed by atoms with Gasteiger partial charge in [0.25, 0.3) is 0 Å². The van der Waals surface area contributed by atoms with E-state index in [1.165, 1.54) is 12.1 Å². The Kier molecular flexibility index (Phi) is 1.98. The fraction of sp³-hybridized carbons (Fsp3) is 0.333. The second-order valence-corrected chi connectivity index (χ2v) is 2.33. The van der Waals surface area contributed by atoms with Crippen molar-refractivity contribution in [3.05, 3.63) is 35.6 Å². The van der Waals surface area contributed by atoms with Gasteiger partial charge in [0, 0.05) is 2.74 Å². The summed E-state index contributed by atoms with van der Waals surface area (Å²) in [6, 6.07) is 4.66. The van der Waals surface area contributed by atoms with Crippen LogP contribution in [0.1, 0.15) is 22.2 Å². The highest BCUT2D eigenvalue weighted by Crippen LogP contribution is 2.15. The summed E-state index contributed by atoms with van der Waals surface area (Å²) >= 11 is 0. The van der Waals surface area contributed by atoms with Gasteiger partial charge in [-0.3, -0.25) is 0 Å². The number of hydrogen-bond acceptors (Lipinski definition) is 2. The first-order chi connectivity index (χ1) is 6.71. The smallest absolute Gasteiger partial charge is 0.123 e. The van der Waals surface area contributed by atoms with Crippen molar-refractivity contribution in [2.75, 3.05) is 6.50 Å². The highest BCUT2D eigenvalue weighted by Gasteiger charge is 2.04. The van der Waals surface area contributed by atoms with Gasteiger partial charge in [-0.05, 0) is 30.6 Å². The predicted octanol–water partition coefficient (Wildman–Crippen LogP) is 1.21.